The summed E-state index contributed by atoms with van der Waals surface area (Å²) in [5.41, 5.74) is 3.65. The minimum atomic E-state index is -0.244. The second kappa shape index (κ2) is 9.30. The number of anilines is 1. The molecule has 2 aromatic heterocycles. The Kier molecular flexibility index (Phi) is 6.12. The molecule has 2 heterocycles. The normalized spacial score (nSPS) is 10.6. The average Bonchev–Trinajstić information content (AvgIpc) is 3.12. The molecule has 4 aromatic rings. The van der Waals surface area contributed by atoms with Crippen molar-refractivity contribution in [2.24, 2.45) is 0 Å². The number of ether oxygens (including phenoxy) is 2. The van der Waals surface area contributed by atoms with Gasteiger partial charge in [-0.1, -0.05) is 12.1 Å². The van der Waals surface area contributed by atoms with Crippen LogP contribution in [0.25, 0.3) is 5.82 Å². The Labute approximate surface area is 185 Å². The van der Waals surface area contributed by atoms with Crippen LogP contribution in [0.4, 0.5) is 5.69 Å². The molecular formula is C24H23N5O3. The van der Waals surface area contributed by atoms with E-state index in [0.717, 1.165) is 17.0 Å². The third-order valence-electron chi connectivity index (χ3n) is 4.85. The number of rotatable bonds is 7. The summed E-state index contributed by atoms with van der Waals surface area (Å²) in [4.78, 5) is 24.9. The first kappa shape index (κ1) is 21.0. The van der Waals surface area contributed by atoms with Gasteiger partial charge >= 0.3 is 0 Å². The maximum absolute atomic E-state index is 12.2. The van der Waals surface area contributed by atoms with E-state index in [4.69, 9.17) is 9.47 Å². The Morgan fingerprint density at radius 1 is 0.969 bits per heavy atom. The van der Waals surface area contributed by atoms with Gasteiger partial charge in [-0.3, -0.25) is 9.36 Å². The predicted molar refractivity (Wildman–Crippen MR) is 120 cm³/mol. The maximum Gasteiger partial charge on any atom is 0.262 e. The van der Waals surface area contributed by atoms with E-state index in [1.54, 1.807) is 36.7 Å². The van der Waals surface area contributed by atoms with Crippen molar-refractivity contribution in [2.75, 3.05) is 11.9 Å². The molecule has 0 spiro atoms. The lowest BCUT2D eigenvalue weighted by atomic mass is 10.2. The highest BCUT2D eigenvalue weighted by Crippen LogP contribution is 2.23. The summed E-state index contributed by atoms with van der Waals surface area (Å²) >= 11 is 0. The topological polar surface area (TPSA) is 91.2 Å². The van der Waals surface area contributed by atoms with Crippen LogP contribution < -0.4 is 14.8 Å². The molecular weight excluding hydrogens is 406 g/mol. The van der Waals surface area contributed by atoms with Crippen LogP contribution >= 0.6 is 0 Å². The Hall–Kier alpha value is -4.20. The number of amides is 1. The fourth-order valence-electron chi connectivity index (χ4n) is 3.03. The zero-order chi connectivity index (χ0) is 22.5. The monoisotopic (exact) mass is 429 g/mol. The lowest BCUT2D eigenvalue weighted by Gasteiger charge is -2.10. The van der Waals surface area contributed by atoms with Gasteiger partial charge in [0.1, 0.15) is 30.0 Å². The summed E-state index contributed by atoms with van der Waals surface area (Å²) in [6.07, 6.45) is 3.17. The lowest BCUT2D eigenvalue weighted by Crippen LogP contribution is -2.20. The second-order valence-corrected chi connectivity index (χ2v) is 7.28. The number of nitrogens with zero attached hydrogens (tertiary/aromatic N) is 4. The third kappa shape index (κ3) is 5.10. The van der Waals surface area contributed by atoms with Crippen LogP contribution in [-0.4, -0.2) is 32.0 Å². The van der Waals surface area contributed by atoms with E-state index in [1.807, 2.05) is 49.6 Å². The predicted octanol–water partition coefficient (Wildman–Crippen LogP) is 4.40. The molecule has 4 rings (SSSR count). The number of aryl methyl sites for hydroxylation is 2. The van der Waals surface area contributed by atoms with Crippen LogP contribution in [0.1, 0.15) is 17.0 Å². The first-order chi connectivity index (χ1) is 15.5. The van der Waals surface area contributed by atoms with Gasteiger partial charge < -0.3 is 14.8 Å². The number of hydrogen-bond acceptors (Lipinski definition) is 6. The van der Waals surface area contributed by atoms with E-state index >= 15 is 0 Å². The molecule has 0 atom stereocenters. The van der Waals surface area contributed by atoms with Crippen LogP contribution in [0.2, 0.25) is 0 Å². The van der Waals surface area contributed by atoms with Gasteiger partial charge in [-0.05, 0) is 62.7 Å². The molecule has 8 nitrogen and oxygen atoms in total. The average molecular weight is 429 g/mol. The van der Waals surface area contributed by atoms with Crippen LogP contribution in [-0.2, 0) is 4.79 Å². The van der Waals surface area contributed by atoms with E-state index < -0.39 is 0 Å². The van der Waals surface area contributed by atoms with E-state index in [9.17, 15) is 4.79 Å². The van der Waals surface area contributed by atoms with Crippen LogP contribution in [0.15, 0.2) is 67.3 Å². The zero-order valence-corrected chi connectivity index (χ0v) is 18.1. The van der Waals surface area contributed by atoms with Gasteiger partial charge in [0.25, 0.3) is 5.91 Å². The molecule has 0 bridgehead atoms. The molecule has 0 unspecified atom stereocenters. The van der Waals surface area contributed by atoms with Crippen molar-refractivity contribution in [1.29, 1.82) is 0 Å². The van der Waals surface area contributed by atoms with Gasteiger partial charge in [-0.2, -0.15) is 0 Å². The van der Waals surface area contributed by atoms with E-state index in [2.05, 4.69) is 20.3 Å². The summed E-state index contributed by atoms with van der Waals surface area (Å²) in [6.45, 7) is 5.82. The fraction of sp³-hybridized carbons (Fsp3) is 0.167. The maximum atomic E-state index is 12.2. The Morgan fingerprint density at radius 3 is 2.50 bits per heavy atom. The largest absolute Gasteiger partial charge is 0.484 e. The van der Waals surface area contributed by atoms with Crippen LogP contribution in [0.5, 0.6) is 17.4 Å². The molecule has 0 aliphatic heterocycles. The van der Waals surface area contributed by atoms with Gasteiger partial charge in [-0.15, -0.1) is 0 Å². The van der Waals surface area contributed by atoms with Crippen molar-refractivity contribution in [1.82, 2.24) is 19.5 Å². The number of benzene rings is 2. The summed E-state index contributed by atoms with van der Waals surface area (Å²) in [5.74, 6) is 2.08. The molecule has 32 heavy (non-hydrogen) atoms. The molecule has 0 aliphatic carbocycles. The highest BCUT2D eigenvalue weighted by atomic mass is 16.5. The number of aromatic nitrogens is 4. The van der Waals surface area contributed by atoms with Crippen molar-refractivity contribution in [3.63, 3.8) is 0 Å². The number of carbonyl (C=O) groups is 1. The summed E-state index contributed by atoms with van der Waals surface area (Å²) < 4.78 is 13.2. The van der Waals surface area contributed by atoms with E-state index in [1.165, 1.54) is 6.33 Å². The third-order valence-corrected chi connectivity index (χ3v) is 4.85. The molecule has 162 valence electrons. The zero-order valence-electron chi connectivity index (χ0n) is 18.1. The molecule has 2 aromatic carbocycles. The standard InChI is InChI=1S/C24H23N5O3/c1-16-5-4-6-21(11-16)31-13-23(30)28-19-7-9-20(10-8-19)32-24-12-22(25-14-26-24)29-15-27-17(2)18(29)3/h4-12,14-15H,13H2,1-3H3,(H,28,30). The smallest absolute Gasteiger partial charge is 0.262 e. The molecule has 0 fully saturated rings. The van der Waals surface area contributed by atoms with Crippen LogP contribution in [0.3, 0.4) is 0 Å². The molecule has 8 heteroatoms. The number of hydrogen-bond donors (Lipinski definition) is 1. The van der Waals surface area contributed by atoms with Crippen molar-refractivity contribution in [2.45, 2.75) is 20.8 Å². The van der Waals surface area contributed by atoms with Gasteiger partial charge in [0, 0.05) is 17.4 Å². The van der Waals surface area contributed by atoms with Gasteiger partial charge in [-0.25, -0.2) is 15.0 Å². The quantitative estimate of drug-likeness (QED) is 0.468. The molecule has 0 saturated heterocycles. The lowest BCUT2D eigenvalue weighted by molar-refractivity contribution is -0.118. The highest BCUT2D eigenvalue weighted by molar-refractivity contribution is 5.91. The Balaban J connectivity index is 1.35. The van der Waals surface area contributed by atoms with Crippen molar-refractivity contribution in [3.05, 3.63) is 84.2 Å². The van der Waals surface area contributed by atoms with Crippen molar-refractivity contribution >= 4 is 11.6 Å². The number of imidazole rings is 1. The molecule has 0 radical (unpaired) electrons. The van der Waals surface area contributed by atoms with Crippen molar-refractivity contribution in [3.8, 4) is 23.2 Å². The minimum absolute atomic E-state index is 0.0709. The van der Waals surface area contributed by atoms with Gasteiger partial charge in [0.2, 0.25) is 5.88 Å². The summed E-state index contributed by atoms with van der Waals surface area (Å²) in [7, 11) is 0. The van der Waals surface area contributed by atoms with E-state index in [-0.39, 0.29) is 12.5 Å². The minimum Gasteiger partial charge on any atom is -0.484 e. The SMILES string of the molecule is Cc1cccc(OCC(=O)Nc2ccc(Oc3cc(-n4cnc(C)c4C)ncn3)cc2)c1. The van der Waals surface area contributed by atoms with Gasteiger partial charge in [0.15, 0.2) is 6.61 Å². The number of carbonyl (C=O) groups excluding carboxylic acids is 1. The van der Waals surface area contributed by atoms with Gasteiger partial charge in [0.05, 0.1) is 5.69 Å². The highest BCUT2D eigenvalue weighted by Gasteiger charge is 2.09. The van der Waals surface area contributed by atoms with E-state index in [0.29, 0.717) is 28.9 Å². The molecule has 0 aliphatic rings. The molecule has 1 amide bonds. The first-order valence-electron chi connectivity index (χ1n) is 10.1. The summed E-state index contributed by atoms with van der Waals surface area (Å²) in [6, 6.07) is 16.3. The molecule has 1 N–H and O–H groups in total. The molecule has 0 saturated carbocycles. The van der Waals surface area contributed by atoms with Crippen molar-refractivity contribution < 1.29 is 14.3 Å². The first-order valence-corrected chi connectivity index (χ1v) is 10.1. The Morgan fingerprint density at radius 2 is 1.78 bits per heavy atom. The summed E-state index contributed by atoms with van der Waals surface area (Å²) in [5, 5.41) is 2.80. The number of nitrogens with one attached hydrogen (secondary N) is 1. The van der Waals surface area contributed by atoms with Crippen LogP contribution in [0, 0.1) is 20.8 Å². The Bertz CT molecular complexity index is 1230. The fourth-order valence-corrected chi connectivity index (χ4v) is 3.03. The second-order valence-electron chi connectivity index (χ2n) is 7.28.